The number of H-pyrrole nitrogens is 1. The molecule has 1 aromatic heterocycles. The molecule has 2 rings (SSSR count). The van der Waals surface area contributed by atoms with Gasteiger partial charge in [0.25, 0.3) is 0 Å². The van der Waals surface area contributed by atoms with E-state index in [2.05, 4.69) is 22.2 Å². The summed E-state index contributed by atoms with van der Waals surface area (Å²) in [4.78, 5) is 7.31. The fraction of sp³-hybridized carbons (Fsp3) is 0.750. The van der Waals surface area contributed by atoms with Gasteiger partial charge in [-0.3, -0.25) is 0 Å². The normalized spacial score (nSPS) is 24.2. The summed E-state index contributed by atoms with van der Waals surface area (Å²) in [6, 6.07) is 0.202. The molecular formula is C12H21N3O2S. The first kappa shape index (κ1) is 13.5. The highest BCUT2D eigenvalue weighted by Crippen LogP contribution is 2.23. The highest BCUT2D eigenvalue weighted by Gasteiger charge is 2.33. The summed E-state index contributed by atoms with van der Waals surface area (Å²) >= 11 is 0. The van der Waals surface area contributed by atoms with Crippen LogP contribution in [0.5, 0.6) is 0 Å². The Labute approximate surface area is 108 Å². The second kappa shape index (κ2) is 5.84. The molecule has 102 valence electrons. The Morgan fingerprint density at radius 1 is 1.61 bits per heavy atom. The first-order chi connectivity index (χ1) is 8.61. The minimum absolute atomic E-state index is 0.202. The molecule has 1 saturated heterocycles. The van der Waals surface area contributed by atoms with E-state index in [9.17, 15) is 8.42 Å². The predicted octanol–water partition coefficient (Wildman–Crippen LogP) is 0.755. The third-order valence-corrected chi connectivity index (χ3v) is 5.26. The molecule has 1 aliphatic heterocycles. The van der Waals surface area contributed by atoms with E-state index in [-0.39, 0.29) is 12.0 Å². The van der Waals surface area contributed by atoms with Crippen molar-refractivity contribution in [1.29, 1.82) is 0 Å². The SMILES string of the molecule is CCCNC(Cc1ncc[nH]1)C1CCS(=O)(=O)C1. The molecule has 0 saturated carbocycles. The van der Waals surface area contributed by atoms with Crippen LogP contribution in [0.3, 0.4) is 0 Å². The Morgan fingerprint density at radius 3 is 3.00 bits per heavy atom. The van der Waals surface area contributed by atoms with E-state index in [4.69, 9.17) is 0 Å². The maximum absolute atomic E-state index is 11.6. The molecule has 1 aliphatic rings. The standard InChI is InChI=1S/C12H21N3O2S/c1-2-4-13-11(8-12-14-5-6-15-12)10-3-7-18(16,17)9-10/h5-6,10-11,13H,2-4,7-9H2,1H3,(H,14,15). The minimum atomic E-state index is -2.82. The molecule has 6 heteroatoms. The molecule has 5 nitrogen and oxygen atoms in total. The van der Waals surface area contributed by atoms with Crippen molar-refractivity contribution in [2.75, 3.05) is 18.1 Å². The number of nitrogens with zero attached hydrogens (tertiary/aromatic N) is 1. The lowest BCUT2D eigenvalue weighted by molar-refractivity contribution is 0.374. The molecule has 0 amide bonds. The zero-order valence-electron chi connectivity index (χ0n) is 10.7. The van der Waals surface area contributed by atoms with Crippen LogP contribution in [0.15, 0.2) is 12.4 Å². The van der Waals surface area contributed by atoms with Crippen molar-refractivity contribution in [3.63, 3.8) is 0 Å². The smallest absolute Gasteiger partial charge is 0.150 e. The molecule has 1 fully saturated rings. The second-order valence-electron chi connectivity index (χ2n) is 4.96. The summed E-state index contributed by atoms with van der Waals surface area (Å²) in [7, 11) is -2.82. The Hall–Kier alpha value is -0.880. The van der Waals surface area contributed by atoms with Crippen LogP contribution in [-0.4, -0.2) is 42.5 Å². The number of imidazole rings is 1. The van der Waals surface area contributed by atoms with Gasteiger partial charge in [-0.05, 0) is 25.3 Å². The van der Waals surface area contributed by atoms with Crippen LogP contribution in [-0.2, 0) is 16.3 Å². The van der Waals surface area contributed by atoms with Gasteiger partial charge in [0, 0.05) is 24.9 Å². The molecule has 0 spiro atoms. The largest absolute Gasteiger partial charge is 0.349 e. The van der Waals surface area contributed by atoms with Crippen LogP contribution in [0.4, 0.5) is 0 Å². The van der Waals surface area contributed by atoms with Crippen molar-refractivity contribution in [1.82, 2.24) is 15.3 Å². The van der Waals surface area contributed by atoms with Crippen LogP contribution < -0.4 is 5.32 Å². The Bertz CT molecular complexity index is 456. The van der Waals surface area contributed by atoms with E-state index in [0.29, 0.717) is 11.5 Å². The quantitative estimate of drug-likeness (QED) is 0.801. The number of aromatic nitrogens is 2. The monoisotopic (exact) mass is 271 g/mol. The van der Waals surface area contributed by atoms with Crippen molar-refractivity contribution < 1.29 is 8.42 Å². The Balaban J connectivity index is 2.01. The fourth-order valence-corrected chi connectivity index (χ4v) is 4.37. The summed E-state index contributed by atoms with van der Waals surface area (Å²) in [5.41, 5.74) is 0. The van der Waals surface area contributed by atoms with Crippen LogP contribution in [0.2, 0.25) is 0 Å². The maximum atomic E-state index is 11.6. The third kappa shape index (κ3) is 3.55. The molecule has 0 bridgehead atoms. The van der Waals surface area contributed by atoms with Gasteiger partial charge in [0.2, 0.25) is 0 Å². The van der Waals surface area contributed by atoms with Gasteiger partial charge >= 0.3 is 0 Å². The topological polar surface area (TPSA) is 74.8 Å². The van der Waals surface area contributed by atoms with Crippen molar-refractivity contribution in [3.8, 4) is 0 Å². The molecule has 2 heterocycles. The highest BCUT2D eigenvalue weighted by atomic mass is 32.2. The molecule has 0 aromatic carbocycles. The number of rotatable bonds is 6. The van der Waals surface area contributed by atoms with Crippen LogP contribution in [0, 0.1) is 5.92 Å². The molecular weight excluding hydrogens is 250 g/mol. The third-order valence-electron chi connectivity index (χ3n) is 3.46. The lowest BCUT2D eigenvalue weighted by atomic mass is 9.96. The first-order valence-corrected chi connectivity index (χ1v) is 8.35. The minimum Gasteiger partial charge on any atom is -0.349 e. The highest BCUT2D eigenvalue weighted by molar-refractivity contribution is 7.91. The van der Waals surface area contributed by atoms with Gasteiger partial charge in [0.15, 0.2) is 9.84 Å². The summed E-state index contributed by atoms with van der Waals surface area (Å²) in [6.07, 6.45) is 6.13. The predicted molar refractivity (Wildman–Crippen MR) is 71.1 cm³/mol. The Kier molecular flexibility index (Phi) is 4.40. The van der Waals surface area contributed by atoms with E-state index in [1.807, 2.05) is 0 Å². The van der Waals surface area contributed by atoms with E-state index >= 15 is 0 Å². The molecule has 0 aliphatic carbocycles. The zero-order chi connectivity index (χ0) is 13.0. The van der Waals surface area contributed by atoms with Crippen molar-refractivity contribution in [2.45, 2.75) is 32.2 Å². The van der Waals surface area contributed by atoms with E-state index in [1.54, 1.807) is 12.4 Å². The molecule has 0 radical (unpaired) electrons. The summed E-state index contributed by atoms with van der Waals surface area (Å²) in [5.74, 6) is 1.79. The second-order valence-corrected chi connectivity index (χ2v) is 7.19. The Morgan fingerprint density at radius 2 is 2.44 bits per heavy atom. The maximum Gasteiger partial charge on any atom is 0.150 e. The van der Waals surface area contributed by atoms with Gasteiger partial charge in [-0.1, -0.05) is 6.92 Å². The number of hydrogen-bond acceptors (Lipinski definition) is 4. The van der Waals surface area contributed by atoms with Crippen LogP contribution >= 0.6 is 0 Å². The molecule has 18 heavy (non-hydrogen) atoms. The number of nitrogens with one attached hydrogen (secondary N) is 2. The number of aromatic amines is 1. The van der Waals surface area contributed by atoms with E-state index in [1.165, 1.54) is 0 Å². The van der Waals surface area contributed by atoms with E-state index < -0.39 is 9.84 Å². The van der Waals surface area contributed by atoms with E-state index in [0.717, 1.165) is 31.6 Å². The average molecular weight is 271 g/mol. The van der Waals surface area contributed by atoms with Gasteiger partial charge in [-0.2, -0.15) is 0 Å². The van der Waals surface area contributed by atoms with Crippen molar-refractivity contribution in [3.05, 3.63) is 18.2 Å². The van der Waals surface area contributed by atoms with Gasteiger partial charge in [0.05, 0.1) is 11.5 Å². The van der Waals surface area contributed by atoms with Crippen LogP contribution in [0.1, 0.15) is 25.6 Å². The molecule has 1 aromatic rings. The van der Waals surface area contributed by atoms with Crippen molar-refractivity contribution in [2.24, 2.45) is 5.92 Å². The summed E-state index contributed by atoms with van der Waals surface area (Å²) in [5, 5.41) is 3.46. The number of sulfone groups is 1. The summed E-state index contributed by atoms with van der Waals surface area (Å²) < 4.78 is 23.1. The van der Waals surface area contributed by atoms with Crippen molar-refractivity contribution >= 4 is 9.84 Å². The average Bonchev–Trinajstić information content (AvgIpc) is 2.93. The fourth-order valence-electron chi connectivity index (χ4n) is 2.49. The van der Waals surface area contributed by atoms with Gasteiger partial charge in [0.1, 0.15) is 5.82 Å². The lowest BCUT2D eigenvalue weighted by Gasteiger charge is -2.23. The van der Waals surface area contributed by atoms with Gasteiger partial charge < -0.3 is 10.3 Å². The van der Waals surface area contributed by atoms with Crippen LogP contribution in [0.25, 0.3) is 0 Å². The van der Waals surface area contributed by atoms with Gasteiger partial charge in [-0.15, -0.1) is 0 Å². The lowest BCUT2D eigenvalue weighted by Crippen LogP contribution is -2.39. The molecule has 2 N–H and O–H groups in total. The summed E-state index contributed by atoms with van der Waals surface area (Å²) in [6.45, 7) is 3.03. The first-order valence-electron chi connectivity index (χ1n) is 6.53. The zero-order valence-corrected chi connectivity index (χ0v) is 11.5. The van der Waals surface area contributed by atoms with Gasteiger partial charge in [-0.25, -0.2) is 13.4 Å². The molecule has 2 atom stereocenters. The molecule has 2 unspecified atom stereocenters. The number of hydrogen-bond donors (Lipinski definition) is 2.